The average molecular weight is 252 g/mol. The molecule has 2 aliphatic carbocycles. The van der Waals surface area contributed by atoms with Gasteiger partial charge in [0.05, 0.1) is 0 Å². The van der Waals surface area contributed by atoms with Gasteiger partial charge in [0.15, 0.2) is 0 Å². The van der Waals surface area contributed by atoms with E-state index in [1.807, 2.05) is 0 Å². The summed E-state index contributed by atoms with van der Waals surface area (Å²) in [5.74, 6) is 2.71. The van der Waals surface area contributed by atoms with Crippen LogP contribution in [0.2, 0.25) is 0 Å². The number of nitrogens with two attached hydrogens (primary N) is 1. The number of hydrogen-bond acceptors (Lipinski definition) is 2. The molecule has 2 rings (SSSR count). The molecule has 0 aromatic heterocycles. The summed E-state index contributed by atoms with van der Waals surface area (Å²) < 4.78 is 0. The van der Waals surface area contributed by atoms with E-state index >= 15 is 0 Å². The van der Waals surface area contributed by atoms with Crippen molar-refractivity contribution in [2.45, 2.75) is 64.3 Å². The first-order valence-electron chi connectivity index (χ1n) is 7.97. The van der Waals surface area contributed by atoms with Gasteiger partial charge in [0.1, 0.15) is 0 Å². The molecule has 0 spiro atoms. The van der Waals surface area contributed by atoms with E-state index in [0.29, 0.717) is 5.54 Å². The highest BCUT2D eigenvalue weighted by Gasteiger charge is 2.40. The van der Waals surface area contributed by atoms with Crippen molar-refractivity contribution in [1.29, 1.82) is 0 Å². The van der Waals surface area contributed by atoms with Gasteiger partial charge in [-0.2, -0.15) is 0 Å². The van der Waals surface area contributed by atoms with E-state index in [4.69, 9.17) is 5.73 Å². The summed E-state index contributed by atoms with van der Waals surface area (Å²) in [7, 11) is 2.32. The zero-order chi connectivity index (χ0) is 13.2. The Balaban J connectivity index is 1.95. The molecule has 2 unspecified atom stereocenters. The predicted octanol–water partition coefficient (Wildman–Crippen LogP) is 3.26. The zero-order valence-corrected chi connectivity index (χ0v) is 12.6. The van der Waals surface area contributed by atoms with Crippen molar-refractivity contribution in [1.82, 2.24) is 4.90 Å². The first-order chi connectivity index (χ1) is 8.55. The quantitative estimate of drug-likeness (QED) is 0.786. The van der Waals surface area contributed by atoms with Gasteiger partial charge in [-0.25, -0.2) is 0 Å². The fourth-order valence-electron chi connectivity index (χ4n) is 3.90. The van der Waals surface area contributed by atoms with Crippen LogP contribution in [0.15, 0.2) is 0 Å². The highest BCUT2D eigenvalue weighted by molar-refractivity contribution is 4.97. The molecule has 0 aromatic carbocycles. The Morgan fingerprint density at radius 2 is 1.94 bits per heavy atom. The summed E-state index contributed by atoms with van der Waals surface area (Å²) in [6.07, 6.45) is 9.74. The monoisotopic (exact) mass is 252 g/mol. The first-order valence-corrected chi connectivity index (χ1v) is 7.97. The minimum atomic E-state index is 0.320. The van der Waals surface area contributed by atoms with Gasteiger partial charge in [-0.05, 0) is 56.9 Å². The van der Waals surface area contributed by atoms with Crippen LogP contribution >= 0.6 is 0 Å². The molecular weight excluding hydrogens is 220 g/mol. The molecule has 0 radical (unpaired) electrons. The normalized spacial score (nSPS) is 33.3. The summed E-state index contributed by atoms with van der Waals surface area (Å²) >= 11 is 0. The molecule has 2 saturated carbocycles. The van der Waals surface area contributed by atoms with Crippen molar-refractivity contribution in [3.63, 3.8) is 0 Å². The Labute approximate surface area is 113 Å². The van der Waals surface area contributed by atoms with Crippen molar-refractivity contribution in [2.24, 2.45) is 23.5 Å². The second kappa shape index (κ2) is 5.92. The van der Waals surface area contributed by atoms with Crippen LogP contribution in [0, 0.1) is 17.8 Å². The number of hydrogen-bond donors (Lipinski definition) is 1. The number of nitrogens with zero attached hydrogens (tertiary/aromatic N) is 1. The Morgan fingerprint density at radius 1 is 1.22 bits per heavy atom. The third-order valence-corrected chi connectivity index (χ3v) is 5.15. The first kappa shape index (κ1) is 14.3. The van der Waals surface area contributed by atoms with E-state index in [9.17, 15) is 0 Å². The lowest BCUT2D eigenvalue weighted by molar-refractivity contribution is 0.0486. The van der Waals surface area contributed by atoms with Gasteiger partial charge in [-0.1, -0.05) is 26.7 Å². The van der Waals surface area contributed by atoms with Crippen LogP contribution in [0.4, 0.5) is 0 Å². The molecule has 0 heterocycles. The van der Waals surface area contributed by atoms with Crippen molar-refractivity contribution in [3.05, 3.63) is 0 Å². The van der Waals surface area contributed by atoms with Gasteiger partial charge in [0.2, 0.25) is 0 Å². The SMILES string of the molecule is CC(C)CC1CCCC(CN)(N(C)CC2CC2)C1. The molecule has 2 heteroatoms. The van der Waals surface area contributed by atoms with Gasteiger partial charge >= 0.3 is 0 Å². The van der Waals surface area contributed by atoms with E-state index in [2.05, 4.69) is 25.8 Å². The molecule has 0 aliphatic heterocycles. The Hall–Kier alpha value is -0.0800. The lowest BCUT2D eigenvalue weighted by Gasteiger charge is -2.47. The maximum absolute atomic E-state index is 6.19. The minimum Gasteiger partial charge on any atom is -0.329 e. The van der Waals surface area contributed by atoms with E-state index in [0.717, 1.165) is 24.3 Å². The third kappa shape index (κ3) is 3.48. The Kier molecular flexibility index (Phi) is 4.71. The molecule has 0 aromatic rings. The van der Waals surface area contributed by atoms with Crippen LogP contribution in [-0.2, 0) is 0 Å². The molecule has 2 atom stereocenters. The lowest BCUT2D eigenvalue weighted by Crippen LogP contribution is -2.55. The third-order valence-electron chi connectivity index (χ3n) is 5.15. The molecular formula is C16H32N2. The second-order valence-electron chi connectivity index (χ2n) is 7.34. The standard InChI is InChI=1S/C16H32N2/c1-13(2)9-15-5-4-8-16(10-15,12-17)18(3)11-14-6-7-14/h13-15H,4-12,17H2,1-3H3. The molecule has 0 bridgehead atoms. The van der Waals surface area contributed by atoms with Crippen LogP contribution in [0.3, 0.4) is 0 Å². The predicted molar refractivity (Wildman–Crippen MR) is 78.6 cm³/mol. The maximum atomic E-state index is 6.19. The van der Waals surface area contributed by atoms with Crippen LogP contribution in [0.1, 0.15) is 58.8 Å². The topological polar surface area (TPSA) is 29.3 Å². The van der Waals surface area contributed by atoms with Crippen LogP contribution in [-0.4, -0.2) is 30.6 Å². The van der Waals surface area contributed by atoms with E-state index in [1.165, 1.54) is 51.5 Å². The summed E-state index contributed by atoms with van der Waals surface area (Å²) in [5, 5.41) is 0. The largest absolute Gasteiger partial charge is 0.329 e. The summed E-state index contributed by atoms with van der Waals surface area (Å²) in [5.41, 5.74) is 6.51. The molecule has 2 nitrogen and oxygen atoms in total. The fourth-order valence-corrected chi connectivity index (χ4v) is 3.90. The highest BCUT2D eigenvalue weighted by atomic mass is 15.2. The smallest absolute Gasteiger partial charge is 0.0331 e. The van der Waals surface area contributed by atoms with Crippen molar-refractivity contribution in [2.75, 3.05) is 20.1 Å². The summed E-state index contributed by atoms with van der Waals surface area (Å²) in [4.78, 5) is 2.62. The van der Waals surface area contributed by atoms with Gasteiger partial charge in [-0.3, -0.25) is 4.90 Å². The summed E-state index contributed by atoms with van der Waals surface area (Å²) in [6.45, 7) is 6.84. The van der Waals surface area contributed by atoms with Gasteiger partial charge in [0.25, 0.3) is 0 Å². The molecule has 2 aliphatic rings. The second-order valence-corrected chi connectivity index (χ2v) is 7.34. The fraction of sp³-hybridized carbons (Fsp3) is 1.00. The zero-order valence-electron chi connectivity index (χ0n) is 12.6. The van der Waals surface area contributed by atoms with Crippen LogP contribution in [0.25, 0.3) is 0 Å². The molecule has 2 N–H and O–H groups in total. The van der Waals surface area contributed by atoms with Crippen molar-refractivity contribution >= 4 is 0 Å². The van der Waals surface area contributed by atoms with E-state index in [-0.39, 0.29) is 0 Å². The minimum absolute atomic E-state index is 0.320. The van der Waals surface area contributed by atoms with Gasteiger partial charge in [-0.15, -0.1) is 0 Å². The summed E-state index contributed by atoms with van der Waals surface area (Å²) in [6, 6.07) is 0. The van der Waals surface area contributed by atoms with Crippen LogP contribution < -0.4 is 5.73 Å². The molecule has 0 amide bonds. The maximum Gasteiger partial charge on any atom is 0.0331 e. The van der Waals surface area contributed by atoms with Gasteiger partial charge in [0, 0.05) is 18.6 Å². The Bertz CT molecular complexity index is 260. The molecule has 18 heavy (non-hydrogen) atoms. The lowest BCUT2D eigenvalue weighted by atomic mass is 9.72. The van der Waals surface area contributed by atoms with Gasteiger partial charge < -0.3 is 5.73 Å². The van der Waals surface area contributed by atoms with Crippen molar-refractivity contribution in [3.8, 4) is 0 Å². The number of rotatable bonds is 6. The molecule has 0 saturated heterocycles. The Morgan fingerprint density at radius 3 is 2.50 bits per heavy atom. The van der Waals surface area contributed by atoms with E-state index in [1.54, 1.807) is 0 Å². The average Bonchev–Trinajstić information content (AvgIpc) is 3.12. The van der Waals surface area contributed by atoms with Crippen molar-refractivity contribution < 1.29 is 0 Å². The van der Waals surface area contributed by atoms with Crippen LogP contribution in [0.5, 0.6) is 0 Å². The number of likely N-dealkylation sites (N-methyl/N-ethyl adjacent to an activating group) is 1. The molecule has 106 valence electrons. The highest BCUT2D eigenvalue weighted by Crippen LogP contribution is 2.40. The molecule has 2 fully saturated rings. The van der Waals surface area contributed by atoms with E-state index < -0.39 is 0 Å².